The van der Waals surface area contributed by atoms with E-state index in [1.54, 1.807) is 40.3 Å². The van der Waals surface area contributed by atoms with Crippen LogP contribution in [0.2, 0.25) is 0 Å². The summed E-state index contributed by atoms with van der Waals surface area (Å²) in [4.78, 5) is 50.2. The molecule has 3 aromatic rings. The van der Waals surface area contributed by atoms with Crippen LogP contribution in [0.1, 0.15) is 58.7 Å². The minimum atomic E-state index is -0.375. The SMILES string of the molecule is CC1(C)Cc2cnc(N)nc2-c2[nH]nc(C(=O)Nc3ccc(C(=O)N4CCC(N5CCOC5=O)CC4)cc3)c21. The van der Waals surface area contributed by atoms with Crippen molar-refractivity contribution in [1.82, 2.24) is 30.0 Å². The highest BCUT2D eigenvalue weighted by Gasteiger charge is 2.39. The summed E-state index contributed by atoms with van der Waals surface area (Å²) in [6.07, 6.45) is 3.55. The van der Waals surface area contributed by atoms with E-state index in [9.17, 15) is 14.4 Å². The van der Waals surface area contributed by atoms with E-state index in [0.29, 0.717) is 61.0 Å². The molecule has 1 aliphatic carbocycles. The van der Waals surface area contributed by atoms with E-state index in [1.165, 1.54) is 0 Å². The Balaban J connectivity index is 1.13. The smallest absolute Gasteiger partial charge is 0.410 e. The number of likely N-dealkylation sites (tertiary alicyclic amines) is 1. The number of H-pyrrole nitrogens is 1. The van der Waals surface area contributed by atoms with Gasteiger partial charge in [-0.1, -0.05) is 13.8 Å². The van der Waals surface area contributed by atoms with Gasteiger partial charge < -0.3 is 25.6 Å². The average molecular weight is 531 g/mol. The molecule has 4 heterocycles. The molecule has 202 valence electrons. The maximum absolute atomic E-state index is 13.3. The van der Waals surface area contributed by atoms with Gasteiger partial charge in [-0.15, -0.1) is 0 Å². The topological polar surface area (TPSA) is 159 Å². The highest BCUT2D eigenvalue weighted by molar-refractivity contribution is 6.05. The molecule has 3 aliphatic rings. The van der Waals surface area contributed by atoms with Gasteiger partial charge in [-0.3, -0.25) is 14.7 Å². The van der Waals surface area contributed by atoms with Gasteiger partial charge in [0.05, 0.1) is 17.9 Å². The Morgan fingerprint density at radius 1 is 1.15 bits per heavy atom. The number of benzene rings is 1. The normalized spacial score (nSPS) is 18.4. The number of hydrogen-bond donors (Lipinski definition) is 3. The minimum Gasteiger partial charge on any atom is -0.448 e. The molecule has 12 heteroatoms. The van der Waals surface area contributed by atoms with Crippen LogP contribution in [-0.4, -0.2) is 80.2 Å². The minimum absolute atomic E-state index is 0.0710. The zero-order chi connectivity index (χ0) is 27.3. The maximum Gasteiger partial charge on any atom is 0.410 e. The van der Waals surface area contributed by atoms with Crippen molar-refractivity contribution in [3.05, 3.63) is 52.8 Å². The van der Waals surface area contributed by atoms with Crippen LogP contribution in [-0.2, 0) is 16.6 Å². The predicted octanol–water partition coefficient (Wildman–Crippen LogP) is 2.59. The first-order valence-corrected chi connectivity index (χ1v) is 13.1. The van der Waals surface area contributed by atoms with E-state index in [0.717, 1.165) is 24.0 Å². The monoisotopic (exact) mass is 530 g/mol. The van der Waals surface area contributed by atoms with Gasteiger partial charge in [0, 0.05) is 42.1 Å². The molecule has 6 rings (SSSR count). The largest absolute Gasteiger partial charge is 0.448 e. The third-order valence-electron chi connectivity index (χ3n) is 7.78. The molecule has 0 atom stereocenters. The third-order valence-corrected chi connectivity index (χ3v) is 7.78. The van der Waals surface area contributed by atoms with Crippen molar-refractivity contribution in [3.8, 4) is 11.4 Å². The Labute approximate surface area is 224 Å². The molecule has 2 saturated heterocycles. The van der Waals surface area contributed by atoms with Crippen molar-refractivity contribution >= 4 is 29.5 Å². The van der Waals surface area contributed by atoms with Crippen molar-refractivity contribution in [3.63, 3.8) is 0 Å². The standard InChI is InChI=1S/C27H30N8O4/c1-27(2)13-16-14-29-25(28)31-20(16)21-19(27)22(33-32-21)23(36)30-17-5-3-15(4-6-17)24(37)34-9-7-18(8-10-34)35-11-12-39-26(35)38/h3-6,14,18H,7-13H2,1-2H3,(H,30,36)(H,32,33)(H2,28,29,31). The maximum atomic E-state index is 13.3. The number of amides is 3. The predicted molar refractivity (Wildman–Crippen MR) is 142 cm³/mol. The molecule has 2 aliphatic heterocycles. The first kappa shape index (κ1) is 24.8. The molecule has 2 aromatic heterocycles. The lowest BCUT2D eigenvalue weighted by Gasteiger charge is -2.35. The number of rotatable bonds is 4. The molecular formula is C27H30N8O4. The lowest BCUT2D eigenvalue weighted by atomic mass is 9.73. The van der Waals surface area contributed by atoms with Crippen LogP contribution in [0.3, 0.4) is 0 Å². The van der Waals surface area contributed by atoms with E-state index in [4.69, 9.17) is 10.5 Å². The van der Waals surface area contributed by atoms with E-state index < -0.39 is 0 Å². The number of anilines is 2. The van der Waals surface area contributed by atoms with Crippen molar-refractivity contribution < 1.29 is 19.1 Å². The third kappa shape index (κ3) is 4.45. The molecular weight excluding hydrogens is 500 g/mol. The molecule has 0 saturated carbocycles. The number of hydrogen-bond acceptors (Lipinski definition) is 8. The van der Waals surface area contributed by atoms with Gasteiger partial charge in [-0.2, -0.15) is 5.10 Å². The fraction of sp³-hybridized carbons (Fsp3) is 0.407. The van der Waals surface area contributed by atoms with Gasteiger partial charge in [0.25, 0.3) is 11.8 Å². The van der Waals surface area contributed by atoms with Crippen molar-refractivity contribution in [2.24, 2.45) is 0 Å². The zero-order valence-electron chi connectivity index (χ0n) is 21.9. The van der Waals surface area contributed by atoms with Crippen LogP contribution in [0.15, 0.2) is 30.5 Å². The summed E-state index contributed by atoms with van der Waals surface area (Å²) in [7, 11) is 0. The highest BCUT2D eigenvalue weighted by atomic mass is 16.6. The molecule has 4 N–H and O–H groups in total. The summed E-state index contributed by atoms with van der Waals surface area (Å²) in [5, 5.41) is 10.2. The van der Waals surface area contributed by atoms with E-state index in [2.05, 4.69) is 39.3 Å². The van der Waals surface area contributed by atoms with Gasteiger partial charge >= 0.3 is 6.09 Å². The summed E-state index contributed by atoms with van der Waals surface area (Å²) in [6.45, 7) is 6.30. The first-order chi connectivity index (χ1) is 18.7. The van der Waals surface area contributed by atoms with Crippen molar-refractivity contribution in [1.29, 1.82) is 0 Å². The number of carbonyl (C=O) groups is 3. The summed E-state index contributed by atoms with van der Waals surface area (Å²) >= 11 is 0. The zero-order valence-corrected chi connectivity index (χ0v) is 21.9. The van der Waals surface area contributed by atoms with Crippen LogP contribution in [0.5, 0.6) is 0 Å². The summed E-state index contributed by atoms with van der Waals surface area (Å²) in [5.41, 5.74) is 9.89. The molecule has 0 radical (unpaired) electrons. The Bertz CT molecular complexity index is 1460. The number of nitrogen functional groups attached to an aromatic ring is 1. The Morgan fingerprint density at radius 3 is 2.59 bits per heavy atom. The molecule has 0 spiro atoms. The molecule has 3 amide bonds. The molecule has 0 unspecified atom stereocenters. The average Bonchev–Trinajstić information content (AvgIpc) is 3.57. The van der Waals surface area contributed by atoms with Crippen LogP contribution in [0.4, 0.5) is 16.4 Å². The number of nitrogens with two attached hydrogens (primary N) is 1. The Morgan fingerprint density at radius 2 is 1.90 bits per heavy atom. The van der Waals surface area contributed by atoms with Gasteiger partial charge in [0.2, 0.25) is 5.95 Å². The summed E-state index contributed by atoms with van der Waals surface area (Å²) < 4.78 is 5.04. The Kier molecular flexibility index (Phi) is 5.96. The van der Waals surface area contributed by atoms with Crippen LogP contribution < -0.4 is 11.1 Å². The van der Waals surface area contributed by atoms with Crippen LogP contribution in [0, 0.1) is 0 Å². The second-order valence-corrected chi connectivity index (χ2v) is 10.8. The molecule has 12 nitrogen and oxygen atoms in total. The number of carbonyl (C=O) groups excluding carboxylic acids is 3. The number of aromatic amines is 1. The van der Waals surface area contributed by atoms with Crippen LogP contribution in [0.25, 0.3) is 11.4 Å². The lowest BCUT2D eigenvalue weighted by molar-refractivity contribution is 0.0658. The Hall–Kier alpha value is -4.48. The fourth-order valence-electron chi connectivity index (χ4n) is 5.85. The highest BCUT2D eigenvalue weighted by Crippen LogP contribution is 2.42. The molecule has 0 bridgehead atoms. The van der Waals surface area contributed by atoms with Crippen molar-refractivity contribution in [2.75, 3.05) is 37.3 Å². The van der Waals surface area contributed by atoms with Crippen LogP contribution >= 0.6 is 0 Å². The van der Waals surface area contributed by atoms with Gasteiger partial charge in [0.15, 0.2) is 5.69 Å². The molecule has 39 heavy (non-hydrogen) atoms. The number of nitrogens with zero attached hydrogens (tertiary/aromatic N) is 5. The van der Waals surface area contributed by atoms with Gasteiger partial charge in [-0.25, -0.2) is 14.8 Å². The quantitative estimate of drug-likeness (QED) is 0.464. The second kappa shape index (κ2) is 9.37. The first-order valence-electron chi connectivity index (χ1n) is 13.1. The molecule has 1 aromatic carbocycles. The number of fused-ring (bicyclic) bond motifs is 3. The fourth-order valence-corrected chi connectivity index (χ4v) is 5.85. The van der Waals surface area contributed by atoms with E-state index in [1.807, 2.05) is 0 Å². The number of aromatic nitrogens is 4. The number of cyclic esters (lactones) is 1. The van der Waals surface area contributed by atoms with Gasteiger partial charge in [0.1, 0.15) is 6.61 Å². The van der Waals surface area contributed by atoms with E-state index in [-0.39, 0.29) is 35.3 Å². The van der Waals surface area contributed by atoms with Crippen molar-refractivity contribution in [2.45, 2.75) is 44.6 Å². The number of ether oxygens (including phenoxy) is 1. The van der Waals surface area contributed by atoms with E-state index >= 15 is 0 Å². The second-order valence-electron chi connectivity index (χ2n) is 10.8. The summed E-state index contributed by atoms with van der Waals surface area (Å²) in [6, 6.07) is 6.96. The number of nitrogens with one attached hydrogen (secondary N) is 2. The summed E-state index contributed by atoms with van der Waals surface area (Å²) in [5.74, 6) is -0.263. The molecule has 2 fully saturated rings. The lowest BCUT2D eigenvalue weighted by Crippen LogP contribution is -2.47. The van der Waals surface area contributed by atoms with Gasteiger partial charge in [-0.05, 0) is 54.5 Å². The number of piperidine rings is 1.